The molecule has 228 valence electrons. The Bertz CT molecular complexity index is 2400. The fourth-order valence-electron chi connectivity index (χ4n) is 7.67. The zero-order valence-electron chi connectivity index (χ0n) is 27.1. The first-order chi connectivity index (χ1) is 23.6. The van der Waals surface area contributed by atoms with Gasteiger partial charge in [0.05, 0.1) is 5.52 Å². The van der Waals surface area contributed by atoms with Gasteiger partial charge in [-0.15, -0.1) is 0 Å². The Balaban J connectivity index is 1.19. The van der Waals surface area contributed by atoms with E-state index in [9.17, 15) is 0 Å². The lowest BCUT2D eigenvalue weighted by Crippen LogP contribution is -2.16. The van der Waals surface area contributed by atoms with Gasteiger partial charge >= 0.3 is 0 Å². The van der Waals surface area contributed by atoms with Crippen LogP contribution in [0, 0.1) is 0 Å². The Labute approximate surface area is 281 Å². The van der Waals surface area contributed by atoms with E-state index in [0.717, 1.165) is 33.5 Å². The van der Waals surface area contributed by atoms with Crippen LogP contribution in [0.4, 0.5) is 17.1 Å². The molecular formula is C46H34N2. The van der Waals surface area contributed by atoms with Crippen molar-refractivity contribution in [1.82, 2.24) is 4.98 Å². The molecule has 9 rings (SSSR count). The molecule has 7 aromatic carbocycles. The fraction of sp³-hybridized carbons (Fsp3) is 0.0652. The number of anilines is 3. The SMILES string of the molecule is CC1(C)c2ccccc2-c2ccc(N(c3ccc(-c4ccccc4)cc3)c3ccc(-c4c5ccccc5cc5cccnc45)cc3)cc21. The molecule has 1 aliphatic carbocycles. The summed E-state index contributed by atoms with van der Waals surface area (Å²) in [6.07, 6.45) is 1.89. The summed E-state index contributed by atoms with van der Waals surface area (Å²) in [4.78, 5) is 7.23. The number of nitrogens with zero attached hydrogens (tertiary/aromatic N) is 2. The number of rotatable bonds is 5. The van der Waals surface area contributed by atoms with Gasteiger partial charge in [0.2, 0.25) is 0 Å². The lowest BCUT2D eigenvalue weighted by molar-refractivity contribution is 0.660. The van der Waals surface area contributed by atoms with Crippen LogP contribution in [0.3, 0.4) is 0 Å². The zero-order chi connectivity index (χ0) is 32.2. The number of benzene rings is 7. The van der Waals surface area contributed by atoms with E-state index in [0.29, 0.717) is 0 Å². The Morgan fingerprint density at radius 3 is 1.85 bits per heavy atom. The highest BCUT2D eigenvalue weighted by Gasteiger charge is 2.35. The van der Waals surface area contributed by atoms with Gasteiger partial charge in [0.15, 0.2) is 0 Å². The molecule has 0 aliphatic heterocycles. The minimum absolute atomic E-state index is 0.0863. The lowest BCUT2D eigenvalue weighted by Gasteiger charge is -2.28. The van der Waals surface area contributed by atoms with Crippen molar-refractivity contribution in [1.29, 1.82) is 0 Å². The van der Waals surface area contributed by atoms with Gasteiger partial charge < -0.3 is 4.90 Å². The molecule has 0 atom stereocenters. The van der Waals surface area contributed by atoms with Crippen LogP contribution in [0.1, 0.15) is 25.0 Å². The van der Waals surface area contributed by atoms with E-state index in [2.05, 4.69) is 176 Å². The summed E-state index contributed by atoms with van der Waals surface area (Å²) in [7, 11) is 0. The largest absolute Gasteiger partial charge is 0.310 e. The van der Waals surface area contributed by atoms with E-state index in [1.165, 1.54) is 49.7 Å². The monoisotopic (exact) mass is 614 g/mol. The summed E-state index contributed by atoms with van der Waals surface area (Å²) >= 11 is 0. The van der Waals surface area contributed by atoms with Crippen LogP contribution in [0.15, 0.2) is 170 Å². The predicted molar refractivity (Wildman–Crippen MR) is 202 cm³/mol. The number of pyridine rings is 1. The molecule has 0 saturated heterocycles. The third kappa shape index (κ3) is 4.52. The molecule has 0 amide bonds. The van der Waals surface area contributed by atoms with Crippen LogP contribution in [-0.4, -0.2) is 4.98 Å². The van der Waals surface area contributed by atoms with Crippen molar-refractivity contribution in [3.8, 4) is 33.4 Å². The lowest BCUT2D eigenvalue weighted by atomic mass is 9.82. The van der Waals surface area contributed by atoms with Crippen molar-refractivity contribution in [3.63, 3.8) is 0 Å². The van der Waals surface area contributed by atoms with E-state index >= 15 is 0 Å². The summed E-state index contributed by atoms with van der Waals surface area (Å²) in [5, 5.41) is 3.58. The second-order valence-corrected chi connectivity index (χ2v) is 13.2. The molecule has 2 heteroatoms. The molecular weight excluding hydrogens is 581 g/mol. The maximum absolute atomic E-state index is 4.85. The second-order valence-electron chi connectivity index (χ2n) is 13.2. The molecule has 0 bridgehead atoms. The summed E-state index contributed by atoms with van der Waals surface area (Å²) in [6, 6.07) is 59.4. The summed E-state index contributed by atoms with van der Waals surface area (Å²) in [6.45, 7) is 4.69. The van der Waals surface area contributed by atoms with Crippen LogP contribution in [0.2, 0.25) is 0 Å². The Kier molecular flexibility index (Phi) is 6.51. The van der Waals surface area contributed by atoms with E-state index < -0.39 is 0 Å². The fourth-order valence-corrected chi connectivity index (χ4v) is 7.67. The first kappa shape index (κ1) is 28.3. The average Bonchev–Trinajstić information content (AvgIpc) is 3.37. The normalized spacial score (nSPS) is 13.0. The minimum atomic E-state index is -0.0863. The van der Waals surface area contributed by atoms with Gasteiger partial charge in [-0.1, -0.05) is 129 Å². The maximum Gasteiger partial charge on any atom is 0.0786 e. The van der Waals surface area contributed by atoms with Crippen LogP contribution in [-0.2, 0) is 5.41 Å². The molecule has 48 heavy (non-hydrogen) atoms. The van der Waals surface area contributed by atoms with Gasteiger partial charge in [0.25, 0.3) is 0 Å². The summed E-state index contributed by atoms with van der Waals surface area (Å²) in [5.41, 5.74) is 14.5. The predicted octanol–water partition coefficient (Wildman–Crippen LogP) is 12.5. The highest BCUT2D eigenvalue weighted by molar-refractivity contribution is 6.11. The molecule has 0 saturated carbocycles. The molecule has 0 N–H and O–H groups in total. The van der Waals surface area contributed by atoms with Crippen LogP contribution < -0.4 is 4.90 Å². The van der Waals surface area contributed by atoms with Gasteiger partial charge in [-0.3, -0.25) is 4.98 Å². The quantitative estimate of drug-likeness (QED) is 0.179. The molecule has 0 spiro atoms. The van der Waals surface area contributed by atoms with Crippen LogP contribution in [0.25, 0.3) is 55.1 Å². The second kappa shape index (κ2) is 11.1. The topological polar surface area (TPSA) is 16.1 Å². The average molecular weight is 615 g/mol. The molecule has 0 fully saturated rings. The Hall–Kier alpha value is -5.99. The van der Waals surface area contributed by atoms with Gasteiger partial charge in [0, 0.05) is 39.6 Å². The van der Waals surface area contributed by atoms with Crippen LogP contribution >= 0.6 is 0 Å². The zero-order valence-corrected chi connectivity index (χ0v) is 27.1. The van der Waals surface area contributed by atoms with Crippen LogP contribution in [0.5, 0.6) is 0 Å². The van der Waals surface area contributed by atoms with Gasteiger partial charge in [0.1, 0.15) is 0 Å². The first-order valence-corrected chi connectivity index (χ1v) is 16.6. The molecule has 0 radical (unpaired) electrons. The van der Waals surface area contributed by atoms with Gasteiger partial charge in [-0.25, -0.2) is 0 Å². The van der Waals surface area contributed by atoms with E-state index in [1.807, 2.05) is 12.3 Å². The summed E-state index contributed by atoms with van der Waals surface area (Å²) < 4.78 is 0. The maximum atomic E-state index is 4.85. The number of hydrogen-bond acceptors (Lipinski definition) is 2. The third-order valence-electron chi connectivity index (χ3n) is 10.1. The van der Waals surface area contributed by atoms with E-state index in [4.69, 9.17) is 4.98 Å². The van der Waals surface area contributed by atoms with Crippen molar-refractivity contribution in [2.24, 2.45) is 0 Å². The van der Waals surface area contributed by atoms with E-state index in [-0.39, 0.29) is 5.41 Å². The highest BCUT2D eigenvalue weighted by atomic mass is 15.1. The van der Waals surface area contributed by atoms with Crippen molar-refractivity contribution in [2.75, 3.05) is 4.90 Å². The van der Waals surface area contributed by atoms with E-state index in [1.54, 1.807) is 0 Å². The molecule has 1 aromatic heterocycles. The highest BCUT2D eigenvalue weighted by Crippen LogP contribution is 2.50. The minimum Gasteiger partial charge on any atom is -0.310 e. The number of fused-ring (bicyclic) bond motifs is 5. The summed E-state index contributed by atoms with van der Waals surface area (Å²) in [5.74, 6) is 0. The Morgan fingerprint density at radius 2 is 1.06 bits per heavy atom. The van der Waals surface area contributed by atoms with Crippen molar-refractivity contribution in [2.45, 2.75) is 19.3 Å². The molecule has 8 aromatic rings. The van der Waals surface area contributed by atoms with Crippen molar-refractivity contribution in [3.05, 3.63) is 181 Å². The van der Waals surface area contributed by atoms with Gasteiger partial charge in [-0.2, -0.15) is 0 Å². The van der Waals surface area contributed by atoms with Crippen molar-refractivity contribution < 1.29 is 0 Å². The van der Waals surface area contributed by atoms with Crippen molar-refractivity contribution >= 4 is 38.7 Å². The Morgan fingerprint density at radius 1 is 0.458 bits per heavy atom. The molecule has 1 aliphatic rings. The molecule has 1 heterocycles. The number of hydrogen-bond donors (Lipinski definition) is 0. The number of aromatic nitrogens is 1. The smallest absolute Gasteiger partial charge is 0.0786 e. The first-order valence-electron chi connectivity index (χ1n) is 16.6. The third-order valence-corrected chi connectivity index (χ3v) is 10.1. The molecule has 2 nitrogen and oxygen atoms in total. The standard InChI is InChI=1S/C46H34N2/c1-46(2)42-17-9-8-16-40(42)41-27-26-38(30-43(41)46)48(36-22-18-32(19-23-36)31-11-4-3-5-12-31)37-24-20-33(21-25-37)44-39-15-7-6-13-34(39)29-35-14-10-28-47-45(35)44/h3-30H,1-2H3. The molecule has 0 unspecified atom stereocenters. The van der Waals surface area contributed by atoms with Gasteiger partial charge in [-0.05, 0) is 98.2 Å².